The van der Waals surface area contributed by atoms with E-state index in [9.17, 15) is 8.42 Å². The molecule has 0 radical (unpaired) electrons. The zero-order valence-electron chi connectivity index (χ0n) is 15.6. The average molecular weight is 375 g/mol. The zero-order chi connectivity index (χ0) is 19.3. The normalized spacial score (nSPS) is 12.6. The third-order valence-corrected chi connectivity index (χ3v) is 5.79. The maximum absolute atomic E-state index is 12.1. The Bertz CT molecular complexity index is 873. The summed E-state index contributed by atoms with van der Waals surface area (Å²) < 4.78 is 25.3. The topological polar surface area (TPSA) is 87.8 Å². The molecule has 0 saturated carbocycles. The summed E-state index contributed by atoms with van der Waals surface area (Å²) in [6.45, 7) is 4.64. The molecule has 2 aromatic rings. The smallest absolute Gasteiger partial charge is 0.242 e. The van der Waals surface area contributed by atoms with Gasteiger partial charge in [-0.25, -0.2) is 17.7 Å². The van der Waals surface area contributed by atoms with Crippen LogP contribution in [0.3, 0.4) is 0 Å². The molecule has 6 nitrogen and oxygen atoms in total. The van der Waals surface area contributed by atoms with E-state index in [1.165, 1.54) is 24.0 Å². The van der Waals surface area contributed by atoms with Gasteiger partial charge in [0.2, 0.25) is 10.0 Å². The Hall–Kier alpha value is -2.38. The minimum Gasteiger partial charge on any atom is -0.370 e. The second-order valence-corrected chi connectivity index (χ2v) is 8.69. The Morgan fingerprint density at radius 3 is 2.38 bits per heavy atom. The first-order valence-electron chi connectivity index (χ1n) is 8.38. The molecule has 140 valence electrons. The molecule has 0 heterocycles. The maximum atomic E-state index is 12.1. The molecule has 0 saturated heterocycles. The molecule has 26 heavy (non-hydrogen) atoms. The number of aliphatic imine (C=N–C) groups is 1. The van der Waals surface area contributed by atoms with Crippen LogP contribution in [0, 0.1) is 0 Å². The van der Waals surface area contributed by atoms with Crippen molar-refractivity contribution >= 4 is 21.7 Å². The van der Waals surface area contributed by atoms with Crippen LogP contribution in [0.2, 0.25) is 0 Å². The van der Waals surface area contributed by atoms with E-state index < -0.39 is 10.0 Å². The van der Waals surface area contributed by atoms with Crippen LogP contribution in [0.25, 0.3) is 0 Å². The molecule has 0 aliphatic rings. The summed E-state index contributed by atoms with van der Waals surface area (Å²) in [4.78, 5) is 4.57. The van der Waals surface area contributed by atoms with E-state index in [4.69, 9.17) is 5.73 Å². The molecule has 3 N–H and O–H groups in total. The SMILES string of the molecule is CC(C)c1cccc(NC(N)=NCc2ccc(S(=O)(=O)N(C)C)cc2)c1. The number of hydrogen-bond donors (Lipinski definition) is 2. The number of nitrogens with two attached hydrogens (primary N) is 1. The predicted molar refractivity (Wildman–Crippen MR) is 107 cm³/mol. The van der Waals surface area contributed by atoms with Crippen molar-refractivity contribution in [2.24, 2.45) is 10.7 Å². The van der Waals surface area contributed by atoms with Gasteiger partial charge in [0.25, 0.3) is 0 Å². The summed E-state index contributed by atoms with van der Waals surface area (Å²) in [5, 5.41) is 3.08. The summed E-state index contributed by atoms with van der Waals surface area (Å²) in [5.74, 6) is 0.753. The first-order valence-corrected chi connectivity index (χ1v) is 9.82. The van der Waals surface area contributed by atoms with E-state index in [1.807, 2.05) is 18.2 Å². The van der Waals surface area contributed by atoms with Crippen molar-refractivity contribution in [3.05, 3.63) is 59.7 Å². The third-order valence-electron chi connectivity index (χ3n) is 3.96. The molecule has 0 bridgehead atoms. The highest BCUT2D eigenvalue weighted by molar-refractivity contribution is 7.89. The van der Waals surface area contributed by atoms with Gasteiger partial charge in [-0.3, -0.25) is 0 Å². The second-order valence-electron chi connectivity index (χ2n) is 6.54. The summed E-state index contributed by atoms with van der Waals surface area (Å²) in [6, 6.07) is 14.7. The van der Waals surface area contributed by atoms with E-state index in [2.05, 4.69) is 30.2 Å². The Kier molecular flexibility index (Phi) is 6.39. The van der Waals surface area contributed by atoms with Gasteiger partial charge in [-0.1, -0.05) is 38.1 Å². The van der Waals surface area contributed by atoms with Gasteiger partial charge in [0.05, 0.1) is 11.4 Å². The lowest BCUT2D eigenvalue weighted by Gasteiger charge is -2.11. The van der Waals surface area contributed by atoms with Crippen LogP contribution < -0.4 is 11.1 Å². The summed E-state index contributed by atoms with van der Waals surface area (Å²) >= 11 is 0. The molecule has 0 unspecified atom stereocenters. The molecular formula is C19H26N4O2S. The van der Waals surface area contributed by atoms with Gasteiger partial charge in [-0.2, -0.15) is 0 Å². The highest BCUT2D eigenvalue weighted by Crippen LogP contribution is 2.18. The highest BCUT2D eigenvalue weighted by atomic mass is 32.2. The second kappa shape index (κ2) is 8.33. The number of nitrogens with zero attached hydrogens (tertiary/aromatic N) is 2. The van der Waals surface area contributed by atoms with Gasteiger partial charge in [-0.15, -0.1) is 0 Å². The van der Waals surface area contributed by atoms with Crippen molar-refractivity contribution in [2.75, 3.05) is 19.4 Å². The molecule has 0 spiro atoms. The minimum atomic E-state index is -3.42. The van der Waals surface area contributed by atoms with Gasteiger partial charge < -0.3 is 11.1 Å². The number of anilines is 1. The van der Waals surface area contributed by atoms with Crippen LogP contribution >= 0.6 is 0 Å². The molecule has 0 aliphatic heterocycles. The number of guanidine groups is 1. The molecule has 0 atom stereocenters. The number of benzene rings is 2. The van der Waals surface area contributed by atoms with Crippen molar-refractivity contribution in [1.29, 1.82) is 0 Å². The van der Waals surface area contributed by atoms with E-state index in [-0.39, 0.29) is 4.90 Å². The first-order chi connectivity index (χ1) is 12.2. The average Bonchev–Trinajstić information content (AvgIpc) is 2.60. The Morgan fingerprint density at radius 1 is 1.15 bits per heavy atom. The maximum Gasteiger partial charge on any atom is 0.242 e. The van der Waals surface area contributed by atoms with Crippen molar-refractivity contribution in [1.82, 2.24) is 4.31 Å². The van der Waals surface area contributed by atoms with Crippen molar-refractivity contribution in [3.63, 3.8) is 0 Å². The van der Waals surface area contributed by atoms with Crippen LogP contribution in [0.4, 0.5) is 5.69 Å². The quantitative estimate of drug-likeness (QED) is 0.601. The number of sulfonamides is 1. The summed E-state index contributed by atoms with van der Waals surface area (Å²) in [5.41, 5.74) is 8.95. The Balaban J connectivity index is 2.04. The summed E-state index contributed by atoms with van der Waals surface area (Å²) in [7, 11) is -0.400. The molecule has 0 aromatic heterocycles. The lowest BCUT2D eigenvalue weighted by molar-refractivity contribution is 0.520. The molecule has 0 fully saturated rings. The fourth-order valence-corrected chi connectivity index (χ4v) is 3.22. The number of hydrogen-bond acceptors (Lipinski definition) is 3. The van der Waals surface area contributed by atoms with E-state index in [1.54, 1.807) is 24.3 Å². The van der Waals surface area contributed by atoms with Crippen LogP contribution in [-0.4, -0.2) is 32.8 Å². The van der Waals surface area contributed by atoms with Crippen LogP contribution in [-0.2, 0) is 16.6 Å². The van der Waals surface area contributed by atoms with Crippen molar-refractivity contribution < 1.29 is 8.42 Å². The van der Waals surface area contributed by atoms with Crippen molar-refractivity contribution in [3.8, 4) is 0 Å². The van der Waals surface area contributed by atoms with Crippen LogP contribution in [0.5, 0.6) is 0 Å². The molecular weight excluding hydrogens is 348 g/mol. The Morgan fingerprint density at radius 2 is 1.81 bits per heavy atom. The fraction of sp³-hybridized carbons (Fsp3) is 0.316. The van der Waals surface area contributed by atoms with Gasteiger partial charge >= 0.3 is 0 Å². The van der Waals surface area contributed by atoms with E-state index in [0.717, 1.165) is 11.3 Å². The largest absolute Gasteiger partial charge is 0.370 e. The van der Waals surface area contributed by atoms with Crippen LogP contribution in [0.1, 0.15) is 30.9 Å². The van der Waals surface area contributed by atoms with Gasteiger partial charge in [0, 0.05) is 19.8 Å². The van der Waals surface area contributed by atoms with Gasteiger partial charge in [0.1, 0.15) is 0 Å². The molecule has 0 aliphatic carbocycles. The van der Waals surface area contributed by atoms with Gasteiger partial charge in [0.15, 0.2) is 5.96 Å². The number of rotatable bonds is 6. The molecule has 2 rings (SSSR count). The van der Waals surface area contributed by atoms with E-state index >= 15 is 0 Å². The molecule has 0 amide bonds. The Labute approximate surface area is 155 Å². The predicted octanol–water partition coefficient (Wildman–Crippen LogP) is 2.99. The van der Waals surface area contributed by atoms with Crippen molar-refractivity contribution in [2.45, 2.75) is 31.2 Å². The lowest BCUT2D eigenvalue weighted by Crippen LogP contribution is -2.23. The van der Waals surface area contributed by atoms with Gasteiger partial charge in [-0.05, 0) is 41.3 Å². The molecule has 7 heteroatoms. The van der Waals surface area contributed by atoms with E-state index in [0.29, 0.717) is 18.4 Å². The fourth-order valence-electron chi connectivity index (χ4n) is 2.32. The third kappa shape index (κ3) is 5.06. The molecule has 2 aromatic carbocycles. The van der Waals surface area contributed by atoms with Crippen LogP contribution in [0.15, 0.2) is 58.4 Å². The highest BCUT2D eigenvalue weighted by Gasteiger charge is 2.16. The zero-order valence-corrected chi connectivity index (χ0v) is 16.4. The summed E-state index contributed by atoms with van der Waals surface area (Å²) in [6.07, 6.45) is 0. The lowest BCUT2D eigenvalue weighted by atomic mass is 10.0. The standard InChI is InChI=1S/C19H26N4O2S/c1-14(2)16-6-5-7-17(12-16)22-19(20)21-13-15-8-10-18(11-9-15)26(24,25)23(3)4/h5-12,14H,13H2,1-4H3,(H3,20,21,22). The minimum absolute atomic E-state index is 0.256. The number of nitrogens with one attached hydrogen (secondary N) is 1. The monoisotopic (exact) mass is 374 g/mol. The first kappa shape index (κ1) is 19.9.